The van der Waals surface area contributed by atoms with Crippen LogP contribution in [0.1, 0.15) is 50.2 Å². The predicted octanol–water partition coefficient (Wildman–Crippen LogP) is 3.49. The molecule has 22 heavy (non-hydrogen) atoms. The topological polar surface area (TPSA) is 52.3 Å². The Morgan fingerprint density at radius 3 is 2.27 bits per heavy atom. The first-order chi connectivity index (χ1) is 10.7. The molecule has 3 nitrogen and oxygen atoms in total. The molecule has 1 aliphatic carbocycles. The summed E-state index contributed by atoms with van der Waals surface area (Å²) in [6.07, 6.45) is 7.65. The molecule has 0 saturated heterocycles. The number of ether oxygens (including phenoxy) is 1. The molecule has 0 radical (unpaired) electrons. The van der Waals surface area contributed by atoms with Gasteiger partial charge in [-0.15, -0.1) is 0 Å². The monoisotopic (exact) mass is 303 g/mol. The van der Waals surface area contributed by atoms with Crippen LogP contribution in [0.25, 0.3) is 0 Å². The summed E-state index contributed by atoms with van der Waals surface area (Å²) >= 11 is 0. The Labute approximate surface area is 134 Å². The molecule has 2 rings (SSSR count). The zero-order valence-corrected chi connectivity index (χ0v) is 13.7. The highest BCUT2D eigenvalue weighted by molar-refractivity contribution is 5.68. The molecule has 0 aromatic heterocycles. The summed E-state index contributed by atoms with van der Waals surface area (Å²) in [4.78, 5) is 11.1. The molecule has 122 valence electrons. The number of rotatable bonds is 7. The average Bonchev–Trinajstić information content (AvgIpc) is 2.57. The second-order valence-electron chi connectivity index (χ2n) is 6.47. The van der Waals surface area contributed by atoms with Gasteiger partial charge >= 0.3 is 5.97 Å². The Morgan fingerprint density at radius 2 is 1.68 bits per heavy atom. The molecule has 1 aromatic carbocycles. The first kappa shape index (κ1) is 17.0. The maximum Gasteiger partial charge on any atom is 0.305 e. The fourth-order valence-corrected chi connectivity index (χ4v) is 3.23. The Bertz CT molecular complexity index is 447. The predicted molar refractivity (Wildman–Crippen MR) is 89.6 cm³/mol. The molecule has 0 bridgehead atoms. The lowest BCUT2D eigenvalue weighted by Crippen LogP contribution is -2.22. The van der Waals surface area contributed by atoms with Gasteiger partial charge < -0.3 is 10.5 Å². The third-order valence-electron chi connectivity index (χ3n) is 4.79. The summed E-state index contributed by atoms with van der Waals surface area (Å²) in [7, 11) is 0. The molecule has 0 unspecified atom stereocenters. The number of carbonyl (C=O) groups is 1. The maximum absolute atomic E-state index is 11.1. The SMILES string of the molecule is CCC(=O)OCCc1ccc(CC2CCC(CN)CC2)cc1. The molecule has 0 atom stereocenters. The molecule has 1 fully saturated rings. The highest BCUT2D eigenvalue weighted by Crippen LogP contribution is 2.30. The van der Waals surface area contributed by atoms with Gasteiger partial charge in [-0.3, -0.25) is 4.79 Å². The molecule has 1 aliphatic rings. The van der Waals surface area contributed by atoms with Crippen molar-refractivity contribution in [3.8, 4) is 0 Å². The number of hydrogen-bond acceptors (Lipinski definition) is 3. The van der Waals surface area contributed by atoms with Gasteiger partial charge in [0.1, 0.15) is 0 Å². The van der Waals surface area contributed by atoms with E-state index in [1.165, 1.54) is 43.2 Å². The molecular formula is C19H29NO2. The Balaban J connectivity index is 1.73. The van der Waals surface area contributed by atoms with Crippen molar-refractivity contribution in [2.75, 3.05) is 13.2 Å². The summed E-state index contributed by atoms with van der Waals surface area (Å²) < 4.78 is 5.12. The van der Waals surface area contributed by atoms with E-state index in [0.29, 0.717) is 13.0 Å². The molecule has 0 heterocycles. The van der Waals surface area contributed by atoms with Crippen LogP contribution in [0.3, 0.4) is 0 Å². The molecule has 0 spiro atoms. The lowest BCUT2D eigenvalue weighted by molar-refractivity contribution is -0.143. The highest BCUT2D eigenvalue weighted by atomic mass is 16.5. The van der Waals surface area contributed by atoms with Crippen LogP contribution in [-0.2, 0) is 22.4 Å². The molecular weight excluding hydrogens is 274 g/mol. The maximum atomic E-state index is 11.1. The smallest absolute Gasteiger partial charge is 0.305 e. The zero-order valence-electron chi connectivity index (χ0n) is 13.7. The Morgan fingerprint density at radius 1 is 1.09 bits per heavy atom. The van der Waals surface area contributed by atoms with Crippen LogP contribution in [0, 0.1) is 11.8 Å². The van der Waals surface area contributed by atoms with Crippen molar-refractivity contribution in [3.05, 3.63) is 35.4 Å². The standard InChI is InChI=1S/C19H29NO2/c1-2-19(21)22-12-11-15-3-5-16(6-4-15)13-17-7-9-18(14-20)10-8-17/h3-6,17-18H,2,7-14,20H2,1H3. The van der Waals surface area contributed by atoms with Gasteiger partial charge in [0.2, 0.25) is 0 Å². The third-order valence-corrected chi connectivity index (χ3v) is 4.79. The molecule has 0 aliphatic heterocycles. The van der Waals surface area contributed by atoms with Gasteiger partial charge in [-0.05, 0) is 61.6 Å². The molecule has 1 saturated carbocycles. The van der Waals surface area contributed by atoms with Crippen LogP contribution in [0.5, 0.6) is 0 Å². The van der Waals surface area contributed by atoms with Gasteiger partial charge in [0, 0.05) is 12.8 Å². The lowest BCUT2D eigenvalue weighted by Gasteiger charge is -2.27. The van der Waals surface area contributed by atoms with E-state index < -0.39 is 0 Å². The van der Waals surface area contributed by atoms with Crippen LogP contribution in [-0.4, -0.2) is 19.1 Å². The van der Waals surface area contributed by atoms with Crippen LogP contribution in [0.4, 0.5) is 0 Å². The summed E-state index contributed by atoms with van der Waals surface area (Å²) in [5, 5.41) is 0. The Kier molecular flexibility index (Phi) is 6.91. The van der Waals surface area contributed by atoms with Crippen molar-refractivity contribution < 1.29 is 9.53 Å². The zero-order chi connectivity index (χ0) is 15.8. The van der Waals surface area contributed by atoms with Crippen molar-refractivity contribution >= 4 is 5.97 Å². The van der Waals surface area contributed by atoms with E-state index in [2.05, 4.69) is 24.3 Å². The average molecular weight is 303 g/mol. The van der Waals surface area contributed by atoms with Crippen LogP contribution in [0.15, 0.2) is 24.3 Å². The van der Waals surface area contributed by atoms with E-state index in [-0.39, 0.29) is 5.97 Å². The number of benzene rings is 1. The molecule has 2 N–H and O–H groups in total. The second kappa shape index (κ2) is 8.94. The van der Waals surface area contributed by atoms with E-state index in [4.69, 9.17) is 10.5 Å². The van der Waals surface area contributed by atoms with E-state index in [1.54, 1.807) is 0 Å². The van der Waals surface area contributed by atoms with Gasteiger partial charge in [0.15, 0.2) is 0 Å². The molecule has 1 aromatic rings. The molecule has 3 heteroatoms. The first-order valence-corrected chi connectivity index (χ1v) is 8.64. The lowest BCUT2D eigenvalue weighted by atomic mass is 9.79. The first-order valence-electron chi connectivity index (χ1n) is 8.64. The number of hydrogen-bond donors (Lipinski definition) is 1. The third kappa shape index (κ3) is 5.45. The van der Waals surface area contributed by atoms with E-state index in [0.717, 1.165) is 24.8 Å². The van der Waals surface area contributed by atoms with Crippen molar-refractivity contribution in [2.24, 2.45) is 17.6 Å². The number of esters is 1. The second-order valence-corrected chi connectivity index (χ2v) is 6.47. The Hall–Kier alpha value is -1.35. The molecule has 0 amide bonds. The van der Waals surface area contributed by atoms with E-state index >= 15 is 0 Å². The largest absolute Gasteiger partial charge is 0.465 e. The summed E-state index contributed by atoms with van der Waals surface area (Å²) in [6.45, 7) is 3.15. The number of nitrogens with two attached hydrogens (primary N) is 1. The van der Waals surface area contributed by atoms with Gasteiger partial charge in [-0.1, -0.05) is 31.2 Å². The highest BCUT2D eigenvalue weighted by Gasteiger charge is 2.20. The number of carbonyl (C=O) groups excluding carboxylic acids is 1. The van der Waals surface area contributed by atoms with Gasteiger partial charge in [-0.25, -0.2) is 0 Å². The van der Waals surface area contributed by atoms with E-state index in [1.807, 2.05) is 6.92 Å². The minimum atomic E-state index is -0.121. The van der Waals surface area contributed by atoms with Crippen LogP contribution in [0.2, 0.25) is 0 Å². The van der Waals surface area contributed by atoms with Crippen molar-refractivity contribution in [2.45, 2.75) is 51.9 Å². The summed E-state index contributed by atoms with van der Waals surface area (Å²) in [5.74, 6) is 1.45. The van der Waals surface area contributed by atoms with E-state index in [9.17, 15) is 4.79 Å². The normalized spacial score (nSPS) is 21.5. The quantitative estimate of drug-likeness (QED) is 0.784. The fraction of sp³-hybridized carbons (Fsp3) is 0.632. The summed E-state index contributed by atoms with van der Waals surface area (Å²) in [5.41, 5.74) is 8.41. The van der Waals surface area contributed by atoms with Crippen molar-refractivity contribution in [1.82, 2.24) is 0 Å². The van der Waals surface area contributed by atoms with Crippen LogP contribution < -0.4 is 5.73 Å². The van der Waals surface area contributed by atoms with Gasteiger partial charge in [-0.2, -0.15) is 0 Å². The van der Waals surface area contributed by atoms with Gasteiger partial charge in [0.25, 0.3) is 0 Å². The summed E-state index contributed by atoms with van der Waals surface area (Å²) in [6, 6.07) is 8.79. The van der Waals surface area contributed by atoms with Crippen molar-refractivity contribution in [3.63, 3.8) is 0 Å². The fourth-order valence-electron chi connectivity index (χ4n) is 3.23. The van der Waals surface area contributed by atoms with Gasteiger partial charge in [0.05, 0.1) is 6.61 Å². The van der Waals surface area contributed by atoms with Crippen LogP contribution >= 0.6 is 0 Å². The van der Waals surface area contributed by atoms with Crippen molar-refractivity contribution in [1.29, 1.82) is 0 Å². The minimum Gasteiger partial charge on any atom is -0.465 e. The minimum absolute atomic E-state index is 0.121.